The van der Waals surface area contributed by atoms with Crippen LogP contribution in [0.15, 0.2) is 120 Å². The van der Waals surface area contributed by atoms with Gasteiger partial charge >= 0.3 is 0 Å². The Bertz CT molecular complexity index is 1070. The van der Waals surface area contributed by atoms with Gasteiger partial charge in [0, 0.05) is 23.1 Å². The minimum absolute atomic E-state index is 0.487. The van der Waals surface area contributed by atoms with Crippen molar-refractivity contribution < 1.29 is 4.42 Å². The zero-order valence-corrected chi connectivity index (χ0v) is 16.4. The molecule has 0 aliphatic rings. The molecule has 0 unspecified atom stereocenters. The van der Waals surface area contributed by atoms with E-state index in [9.17, 15) is 0 Å². The monoisotopic (exact) mass is 391 g/mol. The van der Waals surface area contributed by atoms with Crippen molar-refractivity contribution in [2.24, 2.45) is 0 Å². The number of benzene rings is 3. The zero-order valence-electron chi connectivity index (χ0n) is 16.4. The molecule has 1 aromatic heterocycles. The summed E-state index contributed by atoms with van der Waals surface area (Å²) in [5, 5.41) is 7.41. The third-order valence-corrected chi connectivity index (χ3v) is 4.42. The Balaban J connectivity index is 1.48. The Kier molecular flexibility index (Phi) is 6.28. The molecule has 1 heterocycles. The van der Waals surface area contributed by atoms with Crippen LogP contribution in [0, 0.1) is 0 Å². The first-order chi connectivity index (χ1) is 14.9. The Morgan fingerprint density at radius 1 is 0.600 bits per heavy atom. The third-order valence-electron chi connectivity index (χ3n) is 4.42. The van der Waals surface area contributed by atoms with E-state index < -0.39 is 0 Å². The molecule has 0 aliphatic heterocycles. The number of allylic oxidation sites excluding steroid dienone is 4. The van der Waals surface area contributed by atoms with Crippen LogP contribution in [0.5, 0.6) is 0 Å². The number of nitrogens with zero attached hydrogens (tertiary/aromatic N) is 3. The van der Waals surface area contributed by atoms with Crippen molar-refractivity contribution in [2.45, 2.75) is 0 Å². The second-order valence-electron chi connectivity index (χ2n) is 6.48. The third kappa shape index (κ3) is 5.00. The van der Waals surface area contributed by atoms with Crippen molar-refractivity contribution in [1.82, 2.24) is 10.2 Å². The lowest BCUT2D eigenvalue weighted by atomic mass is 10.1. The second-order valence-corrected chi connectivity index (χ2v) is 6.48. The molecule has 0 N–H and O–H groups in total. The van der Waals surface area contributed by atoms with Crippen LogP contribution in [-0.4, -0.2) is 10.2 Å². The smallest absolute Gasteiger partial charge is 0.240 e. The molecule has 0 saturated heterocycles. The van der Waals surface area contributed by atoms with E-state index in [1.165, 1.54) is 6.39 Å². The van der Waals surface area contributed by atoms with E-state index >= 15 is 0 Å². The number of hydrogen-bond acceptors (Lipinski definition) is 4. The molecular formula is C26H21N3O. The highest BCUT2D eigenvalue weighted by Crippen LogP contribution is 2.34. The van der Waals surface area contributed by atoms with Crippen molar-refractivity contribution >= 4 is 29.2 Å². The Morgan fingerprint density at radius 2 is 1.17 bits per heavy atom. The summed E-state index contributed by atoms with van der Waals surface area (Å²) in [5.74, 6) is 0.487. The maximum atomic E-state index is 5.04. The minimum Gasteiger partial charge on any atom is -0.424 e. The SMILES string of the molecule is C(=CC=Cc1nnco1)C=Cc1ccc(N(c2ccccc2)c2ccccc2)cc1. The van der Waals surface area contributed by atoms with E-state index in [2.05, 4.69) is 94.0 Å². The van der Waals surface area contributed by atoms with Crippen molar-refractivity contribution in [2.75, 3.05) is 4.90 Å². The fourth-order valence-corrected chi connectivity index (χ4v) is 3.02. The first kappa shape index (κ1) is 19.2. The molecule has 4 heteroatoms. The quantitative estimate of drug-likeness (QED) is 0.324. The van der Waals surface area contributed by atoms with Crippen LogP contribution in [0.3, 0.4) is 0 Å². The predicted octanol–water partition coefficient (Wildman–Crippen LogP) is 6.82. The summed E-state index contributed by atoms with van der Waals surface area (Å²) in [6, 6.07) is 29.3. The lowest BCUT2D eigenvalue weighted by Crippen LogP contribution is -2.09. The summed E-state index contributed by atoms with van der Waals surface area (Å²) >= 11 is 0. The van der Waals surface area contributed by atoms with E-state index in [1.807, 2.05) is 36.4 Å². The molecule has 0 bridgehead atoms. The van der Waals surface area contributed by atoms with Crippen molar-refractivity contribution in [3.63, 3.8) is 0 Å². The summed E-state index contributed by atoms with van der Waals surface area (Å²) < 4.78 is 5.04. The van der Waals surface area contributed by atoms with Gasteiger partial charge in [0.05, 0.1) is 0 Å². The summed E-state index contributed by atoms with van der Waals surface area (Å²) in [7, 11) is 0. The van der Waals surface area contributed by atoms with Crippen molar-refractivity contribution in [3.8, 4) is 0 Å². The van der Waals surface area contributed by atoms with Crippen LogP contribution in [-0.2, 0) is 0 Å². The van der Waals surface area contributed by atoms with Crippen LogP contribution in [0.4, 0.5) is 17.1 Å². The average Bonchev–Trinajstić information content (AvgIpc) is 3.32. The number of para-hydroxylation sites is 2. The van der Waals surface area contributed by atoms with Gasteiger partial charge in [-0.05, 0) is 42.0 Å². The topological polar surface area (TPSA) is 42.2 Å². The van der Waals surface area contributed by atoms with Gasteiger partial charge < -0.3 is 9.32 Å². The first-order valence-electron chi connectivity index (χ1n) is 9.68. The van der Waals surface area contributed by atoms with Crippen molar-refractivity contribution in [3.05, 3.63) is 127 Å². The Morgan fingerprint density at radius 3 is 1.73 bits per heavy atom. The van der Waals surface area contributed by atoms with Gasteiger partial charge in [-0.25, -0.2) is 0 Å². The molecule has 4 nitrogen and oxygen atoms in total. The standard InChI is InChI=1S/C26H21N3O/c1(2-10-16-26-28-27-21-30-26)5-11-22-17-19-25(20-18-22)29(23-12-6-3-7-13-23)24-14-8-4-9-15-24/h1-21H. The summed E-state index contributed by atoms with van der Waals surface area (Å²) in [6.45, 7) is 0. The van der Waals surface area contributed by atoms with Gasteiger partial charge in [0.15, 0.2) is 0 Å². The van der Waals surface area contributed by atoms with E-state index in [1.54, 1.807) is 6.08 Å². The molecule has 0 saturated carbocycles. The number of aromatic nitrogens is 2. The highest BCUT2D eigenvalue weighted by atomic mass is 16.4. The van der Waals surface area contributed by atoms with Crippen LogP contribution in [0.2, 0.25) is 0 Å². The lowest BCUT2D eigenvalue weighted by molar-refractivity contribution is 0.542. The average molecular weight is 391 g/mol. The first-order valence-corrected chi connectivity index (χ1v) is 9.68. The van der Waals surface area contributed by atoms with Gasteiger partial charge in [-0.1, -0.05) is 78.9 Å². The predicted molar refractivity (Wildman–Crippen MR) is 123 cm³/mol. The van der Waals surface area contributed by atoms with Gasteiger partial charge in [0.1, 0.15) is 0 Å². The number of anilines is 3. The second kappa shape index (κ2) is 9.85. The fourth-order valence-electron chi connectivity index (χ4n) is 3.02. The molecule has 4 rings (SSSR count). The van der Waals surface area contributed by atoms with Gasteiger partial charge in [-0.3, -0.25) is 0 Å². The molecule has 3 aromatic carbocycles. The molecular weight excluding hydrogens is 370 g/mol. The molecule has 0 spiro atoms. The zero-order chi connectivity index (χ0) is 20.4. The van der Waals surface area contributed by atoms with E-state index in [4.69, 9.17) is 4.42 Å². The lowest BCUT2D eigenvalue weighted by Gasteiger charge is -2.25. The van der Waals surface area contributed by atoms with Gasteiger partial charge in [-0.15, -0.1) is 10.2 Å². The van der Waals surface area contributed by atoms with Crippen molar-refractivity contribution in [1.29, 1.82) is 0 Å². The van der Waals surface area contributed by atoms with Gasteiger partial charge in [-0.2, -0.15) is 0 Å². The highest BCUT2D eigenvalue weighted by Gasteiger charge is 2.11. The Hall–Kier alpha value is -4.18. The van der Waals surface area contributed by atoms with Crippen LogP contribution >= 0.6 is 0 Å². The number of rotatable bonds is 7. The van der Waals surface area contributed by atoms with E-state index in [0.717, 1.165) is 22.6 Å². The molecule has 4 aromatic rings. The van der Waals surface area contributed by atoms with Gasteiger partial charge in [0.25, 0.3) is 0 Å². The summed E-state index contributed by atoms with van der Waals surface area (Å²) in [6.07, 6.45) is 12.9. The molecule has 0 aliphatic carbocycles. The van der Waals surface area contributed by atoms with Crippen LogP contribution in [0.25, 0.3) is 12.2 Å². The van der Waals surface area contributed by atoms with E-state index in [-0.39, 0.29) is 0 Å². The number of hydrogen-bond donors (Lipinski definition) is 0. The maximum Gasteiger partial charge on any atom is 0.240 e. The Labute approximate surface area is 176 Å². The van der Waals surface area contributed by atoms with Gasteiger partial charge in [0.2, 0.25) is 12.3 Å². The summed E-state index contributed by atoms with van der Waals surface area (Å²) in [5.41, 5.74) is 4.50. The largest absolute Gasteiger partial charge is 0.424 e. The summed E-state index contributed by atoms with van der Waals surface area (Å²) in [4.78, 5) is 2.25. The molecule has 0 fully saturated rings. The molecule has 146 valence electrons. The maximum absolute atomic E-state index is 5.04. The van der Waals surface area contributed by atoms with Crippen LogP contribution < -0.4 is 4.90 Å². The molecule has 0 radical (unpaired) electrons. The molecule has 30 heavy (non-hydrogen) atoms. The minimum atomic E-state index is 0.487. The highest BCUT2D eigenvalue weighted by molar-refractivity contribution is 5.76. The fraction of sp³-hybridized carbons (Fsp3) is 0. The van der Waals surface area contributed by atoms with Crippen LogP contribution in [0.1, 0.15) is 11.5 Å². The van der Waals surface area contributed by atoms with E-state index in [0.29, 0.717) is 5.89 Å². The normalized spacial score (nSPS) is 11.6. The molecule has 0 atom stereocenters. The molecule has 0 amide bonds.